The molecule has 3 nitrogen and oxygen atoms in total. The zero-order valence-electron chi connectivity index (χ0n) is 14.1. The van der Waals surface area contributed by atoms with Gasteiger partial charge in [-0.1, -0.05) is 39.8 Å². The van der Waals surface area contributed by atoms with E-state index in [0.29, 0.717) is 11.8 Å². The molecule has 0 amide bonds. The van der Waals surface area contributed by atoms with Crippen molar-refractivity contribution in [2.24, 2.45) is 5.41 Å². The van der Waals surface area contributed by atoms with Crippen molar-refractivity contribution in [3.05, 3.63) is 29.8 Å². The van der Waals surface area contributed by atoms with Crippen LogP contribution in [0.2, 0.25) is 0 Å². The quantitative estimate of drug-likeness (QED) is 0.896. The van der Waals surface area contributed by atoms with Crippen molar-refractivity contribution >= 4 is 0 Å². The zero-order valence-corrected chi connectivity index (χ0v) is 14.1. The number of phenolic OH excluding ortho intramolecular Hbond substituents is 1. The third-order valence-electron chi connectivity index (χ3n) is 4.82. The van der Waals surface area contributed by atoms with E-state index >= 15 is 0 Å². The van der Waals surface area contributed by atoms with Gasteiger partial charge in [0.05, 0.1) is 0 Å². The second-order valence-electron chi connectivity index (χ2n) is 7.75. The van der Waals surface area contributed by atoms with Crippen molar-refractivity contribution < 1.29 is 5.11 Å². The second-order valence-corrected chi connectivity index (χ2v) is 7.75. The lowest BCUT2D eigenvalue weighted by Crippen LogP contribution is -2.65. The summed E-state index contributed by atoms with van der Waals surface area (Å²) in [6.45, 7) is 14.6. The molecule has 2 unspecified atom stereocenters. The van der Waals surface area contributed by atoms with Crippen LogP contribution >= 0.6 is 0 Å². The molecule has 3 heteroatoms. The van der Waals surface area contributed by atoms with Crippen LogP contribution in [0.4, 0.5) is 0 Å². The molecule has 0 aromatic heterocycles. The van der Waals surface area contributed by atoms with Gasteiger partial charge in [-0.2, -0.15) is 0 Å². The zero-order chi connectivity index (χ0) is 15.7. The normalized spacial score (nSPS) is 27.8. The Balaban J connectivity index is 2.18. The van der Waals surface area contributed by atoms with Crippen LogP contribution in [0.1, 0.15) is 46.6 Å². The van der Waals surface area contributed by atoms with Gasteiger partial charge in [0.25, 0.3) is 0 Å². The molecule has 1 fully saturated rings. The molecule has 1 saturated heterocycles. The third kappa shape index (κ3) is 3.98. The van der Waals surface area contributed by atoms with E-state index in [1.165, 1.54) is 5.56 Å². The van der Waals surface area contributed by atoms with Crippen molar-refractivity contribution in [3.63, 3.8) is 0 Å². The first-order valence-corrected chi connectivity index (χ1v) is 8.00. The molecule has 2 atom stereocenters. The van der Waals surface area contributed by atoms with Crippen LogP contribution in [0.5, 0.6) is 5.75 Å². The summed E-state index contributed by atoms with van der Waals surface area (Å²) in [5.74, 6) is 0.338. The fourth-order valence-corrected chi connectivity index (χ4v) is 3.18. The minimum absolute atomic E-state index is 0.193. The predicted molar refractivity (Wildman–Crippen MR) is 88.5 cm³/mol. The molecule has 21 heavy (non-hydrogen) atoms. The summed E-state index contributed by atoms with van der Waals surface area (Å²) in [4.78, 5) is 2.60. The van der Waals surface area contributed by atoms with E-state index in [2.05, 4.69) is 44.8 Å². The van der Waals surface area contributed by atoms with E-state index < -0.39 is 0 Å². The molecular formula is C18H30N2O. The highest BCUT2D eigenvalue weighted by Crippen LogP contribution is 2.31. The molecule has 118 valence electrons. The fraction of sp³-hybridized carbons (Fsp3) is 0.667. The molecule has 0 spiro atoms. The van der Waals surface area contributed by atoms with Gasteiger partial charge in [0.1, 0.15) is 5.75 Å². The molecule has 2 rings (SSSR count). The number of benzene rings is 1. The lowest BCUT2D eigenvalue weighted by molar-refractivity contribution is 0.0204. The Hall–Kier alpha value is -1.06. The van der Waals surface area contributed by atoms with Gasteiger partial charge >= 0.3 is 0 Å². The number of nitrogens with one attached hydrogen (secondary N) is 1. The van der Waals surface area contributed by atoms with Gasteiger partial charge in [-0.25, -0.2) is 0 Å². The van der Waals surface area contributed by atoms with Gasteiger partial charge in [0.2, 0.25) is 0 Å². The average Bonchev–Trinajstić information content (AvgIpc) is 2.40. The summed E-state index contributed by atoms with van der Waals surface area (Å²) in [7, 11) is 0. The first-order chi connectivity index (χ1) is 9.73. The predicted octanol–water partition coefficient (Wildman–Crippen LogP) is 3.38. The Bertz CT molecular complexity index is 463. The maximum Gasteiger partial charge on any atom is 0.115 e. The van der Waals surface area contributed by atoms with E-state index in [9.17, 15) is 5.11 Å². The van der Waals surface area contributed by atoms with Crippen molar-refractivity contribution in [1.29, 1.82) is 0 Å². The summed E-state index contributed by atoms with van der Waals surface area (Å²) >= 11 is 0. The molecule has 1 aliphatic rings. The smallest absolute Gasteiger partial charge is 0.115 e. The molecule has 0 radical (unpaired) electrons. The molecule has 0 aliphatic carbocycles. The van der Waals surface area contributed by atoms with Gasteiger partial charge in [0.15, 0.2) is 0 Å². The van der Waals surface area contributed by atoms with Crippen LogP contribution in [0.15, 0.2) is 24.3 Å². The van der Waals surface area contributed by atoms with Crippen molar-refractivity contribution in [1.82, 2.24) is 10.2 Å². The molecule has 2 N–H and O–H groups in total. The highest BCUT2D eigenvalue weighted by atomic mass is 16.3. The topological polar surface area (TPSA) is 35.5 Å². The molecule has 1 aromatic carbocycles. The Labute approximate surface area is 129 Å². The number of rotatable bonds is 3. The number of phenols is 1. The van der Waals surface area contributed by atoms with Crippen LogP contribution < -0.4 is 5.32 Å². The largest absolute Gasteiger partial charge is 0.508 e. The minimum atomic E-state index is 0.193. The first-order valence-electron chi connectivity index (χ1n) is 8.00. The van der Waals surface area contributed by atoms with Gasteiger partial charge in [-0.3, -0.25) is 4.90 Å². The number of hydrogen-bond acceptors (Lipinski definition) is 3. The lowest BCUT2D eigenvalue weighted by Gasteiger charge is -2.50. The van der Waals surface area contributed by atoms with Gasteiger partial charge in [-0.05, 0) is 36.5 Å². The standard InChI is InChI=1S/C18H30N2O/c1-6-18(5)13-20(16(11-19-18)17(2,3)4)12-14-7-9-15(21)10-8-14/h7-10,16,19,21H,6,11-13H2,1-5H3. The van der Waals surface area contributed by atoms with Gasteiger partial charge in [0, 0.05) is 31.2 Å². The third-order valence-corrected chi connectivity index (χ3v) is 4.82. The van der Waals surface area contributed by atoms with Crippen LogP contribution in [0.25, 0.3) is 0 Å². The van der Waals surface area contributed by atoms with Crippen molar-refractivity contribution in [3.8, 4) is 5.75 Å². The van der Waals surface area contributed by atoms with Crippen LogP contribution in [-0.4, -0.2) is 34.7 Å². The SMILES string of the molecule is CCC1(C)CN(Cc2ccc(O)cc2)C(C(C)(C)C)CN1. The van der Waals surface area contributed by atoms with E-state index in [1.54, 1.807) is 12.1 Å². The highest BCUT2D eigenvalue weighted by Gasteiger charge is 2.39. The van der Waals surface area contributed by atoms with Crippen LogP contribution in [0, 0.1) is 5.41 Å². The number of hydrogen-bond donors (Lipinski definition) is 2. The molecule has 0 saturated carbocycles. The molecule has 1 heterocycles. The number of piperazine rings is 1. The average molecular weight is 290 g/mol. The maximum absolute atomic E-state index is 9.44. The highest BCUT2D eigenvalue weighted by molar-refractivity contribution is 5.26. The van der Waals surface area contributed by atoms with Crippen molar-refractivity contribution in [2.75, 3.05) is 13.1 Å². The molecular weight excluding hydrogens is 260 g/mol. The Morgan fingerprint density at radius 1 is 1.29 bits per heavy atom. The fourth-order valence-electron chi connectivity index (χ4n) is 3.18. The summed E-state index contributed by atoms with van der Waals surface area (Å²) in [5.41, 5.74) is 1.71. The summed E-state index contributed by atoms with van der Waals surface area (Å²) in [6.07, 6.45) is 1.13. The van der Waals surface area contributed by atoms with Gasteiger partial charge in [-0.15, -0.1) is 0 Å². The lowest BCUT2D eigenvalue weighted by atomic mass is 9.81. The molecule has 0 bridgehead atoms. The van der Waals surface area contributed by atoms with E-state index in [1.807, 2.05) is 12.1 Å². The van der Waals surface area contributed by atoms with E-state index in [0.717, 1.165) is 26.1 Å². The number of aromatic hydroxyl groups is 1. The maximum atomic E-state index is 9.44. The van der Waals surface area contributed by atoms with Crippen LogP contribution in [-0.2, 0) is 6.54 Å². The van der Waals surface area contributed by atoms with E-state index in [-0.39, 0.29) is 11.0 Å². The molecule has 1 aromatic rings. The van der Waals surface area contributed by atoms with Gasteiger partial charge < -0.3 is 10.4 Å². The van der Waals surface area contributed by atoms with Crippen LogP contribution in [0.3, 0.4) is 0 Å². The summed E-state index contributed by atoms with van der Waals surface area (Å²) in [6, 6.07) is 8.14. The summed E-state index contributed by atoms with van der Waals surface area (Å²) in [5, 5.41) is 13.2. The van der Waals surface area contributed by atoms with Crippen molar-refractivity contribution in [2.45, 2.75) is 59.2 Å². The second kappa shape index (κ2) is 5.98. The Morgan fingerprint density at radius 2 is 1.90 bits per heavy atom. The Morgan fingerprint density at radius 3 is 2.43 bits per heavy atom. The number of nitrogens with zero attached hydrogens (tertiary/aromatic N) is 1. The van der Waals surface area contributed by atoms with E-state index in [4.69, 9.17) is 0 Å². The monoisotopic (exact) mass is 290 g/mol. The minimum Gasteiger partial charge on any atom is -0.508 e. The molecule has 1 aliphatic heterocycles. The summed E-state index contributed by atoms with van der Waals surface area (Å²) < 4.78 is 0. The first kappa shape index (κ1) is 16.3. The Kier molecular flexibility index (Phi) is 4.64.